The van der Waals surface area contributed by atoms with Gasteiger partial charge in [0, 0.05) is 37.2 Å². The van der Waals surface area contributed by atoms with Crippen molar-refractivity contribution in [3.63, 3.8) is 0 Å². The quantitative estimate of drug-likeness (QED) is 0.873. The van der Waals surface area contributed by atoms with Gasteiger partial charge in [-0.15, -0.1) is 0 Å². The maximum atomic E-state index is 12.9. The Balaban J connectivity index is 1.49. The van der Waals surface area contributed by atoms with E-state index in [1.807, 2.05) is 30.3 Å². The molecular weight excluding hydrogens is 362 g/mol. The SMILES string of the molecule is N[C@@H]1CN(C(=O)c2ccc(N3CCCS3(=O)=O)cc2)C[C@H]1c1ccccc1. The van der Waals surface area contributed by atoms with Gasteiger partial charge >= 0.3 is 0 Å². The molecule has 0 bridgehead atoms. The molecule has 0 aromatic heterocycles. The van der Waals surface area contributed by atoms with Crippen LogP contribution in [-0.2, 0) is 10.0 Å². The summed E-state index contributed by atoms with van der Waals surface area (Å²) in [5.74, 6) is 0.240. The summed E-state index contributed by atoms with van der Waals surface area (Å²) >= 11 is 0. The number of nitrogens with zero attached hydrogens (tertiary/aromatic N) is 2. The summed E-state index contributed by atoms with van der Waals surface area (Å²) in [4.78, 5) is 14.6. The predicted octanol–water partition coefficient (Wildman–Crippen LogP) is 1.79. The van der Waals surface area contributed by atoms with Crippen molar-refractivity contribution in [3.05, 3.63) is 65.7 Å². The Labute approximate surface area is 159 Å². The molecule has 27 heavy (non-hydrogen) atoms. The lowest BCUT2D eigenvalue weighted by Crippen LogP contribution is -2.32. The topological polar surface area (TPSA) is 83.7 Å². The molecule has 0 spiro atoms. The van der Waals surface area contributed by atoms with Crippen molar-refractivity contribution < 1.29 is 13.2 Å². The van der Waals surface area contributed by atoms with E-state index in [4.69, 9.17) is 5.73 Å². The lowest BCUT2D eigenvalue weighted by atomic mass is 9.95. The first-order valence-electron chi connectivity index (χ1n) is 9.16. The molecule has 2 aliphatic heterocycles. The third kappa shape index (κ3) is 3.44. The van der Waals surface area contributed by atoms with E-state index in [9.17, 15) is 13.2 Å². The van der Waals surface area contributed by atoms with Crippen LogP contribution in [0.5, 0.6) is 0 Å². The molecule has 2 N–H and O–H groups in total. The van der Waals surface area contributed by atoms with Gasteiger partial charge in [0.05, 0.1) is 11.4 Å². The minimum atomic E-state index is -3.21. The van der Waals surface area contributed by atoms with Gasteiger partial charge in [-0.2, -0.15) is 0 Å². The largest absolute Gasteiger partial charge is 0.336 e. The molecule has 7 heteroatoms. The Morgan fingerprint density at radius 3 is 2.33 bits per heavy atom. The van der Waals surface area contributed by atoms with Crippen molar-refractivity contribution >= 4 is 21.6 Å². The summed E-state index contributed by atoms with van der Waals surface area (Å²) < 4.78 is 25.5. The van der Waals surface area contributed by atoms with Gasteiger partial charge < -0.3 is 10.6 Å². The fourth-order valence-electron chi connectivity index (χ4n) is 3.93. The van der Waals surface area contributed by atoms with Crippen molar-refractivity contribution in [2.75, 3.05) is 29.7 Å². The van der Waals surface area contributed by atoms with Crippen molar-refractivity contribution in [1.82, 2.24) is 4.90 Å². The van der Waals surface area contributed by atoms with Gasteiger partial charge in [0.25, 0.3) is 5.91 Å². The molecule has 2 atom stereocenters. The van der Waals surface area contributed by atoms with Crippen LogP contribution in [0.25, 0.3) is 0 Å². The van der Waals surface area contributed by atoms with Crippen LogP contribution in [0, 0.1) is 0 Å². The normalized spacial score (nSPS) is 24.3. The molecule has 2 aromatic rings. The summed E-state index contributed by atoms with van der Waals surface area (Å²) in [6.07, 6.45) is 0.634. The molecule has 2 saturated heterocycles. The van der Waals surface area contributed by atoms with Crippen LogP contribution in [-0.4, -0.2) is 50.7 Å². The number of anilines is 1. The number of nitrogens with two attached hydrogens (primary N) is 1. The molecule has 4 rings (SSSR count). The van der Waals surface area contributed by atoms with E-state index < -0.39 is 10.0 Å². The van der Waals surface area contributed by atoms with Crippen molar-refractivity contribution in [3.8, 4) is 0 Å². The highest BCUT2D eigenvalue weighted by Gasteiger charge is 2.34. The summed E-state index contributed by atoms with van der Waals surface area (Å²) in [5.41, 5.74) is 8.60. The Hall–Kier alpha value is -2.38. The molecule has 0 saturated carbocycles. The number of hydrogen-bond donors (Lipinski definition) is 1. The third-order valence-electron chi connectivity index (χ3n) is 5.38. The van der Waals surface area contributed by atoms with Crippen molar-refractivity contribution in [2.45, 2.75) is 18.4 Å². The average Bonchev–Trinajstić information content (AvgIpc) is 3.24. The molecule has 142 valence electrons. The highest BCUT2D eigenvalue weighted by molar-refractivity contribution is 7.93. The summed E-state index contributed by atoms with van der Waals surface area (Å²) in [5, 5.41) is 0. The van der Waals surface area contributed by atoms with Gasteiger partial charge in [-0.1, -0.05) is 30.3 Å². The number of carbonyl (C=O) groups is 1. The van der Waals surface area contributed by atoms with Crippen LogP contribution in [0.1, 0.15) is 28.3 Å². The van der Waals surface area contributed by atoms with Crippen LogP contribution >= 0.6 is 0 Å². The van der Waals surface area contributed by atoms with Gasteiger partial charge in [0.15, 0.2) is 0 Å². The average molecular weight is 385 g/mol. The number of benzene rings is 2. The number of rotatable bonds is 3. The van der Waals surface area contributed by atoms with Crippen LogP contribution in [0.15, 0.2) is 54.6 Å². The van der Waals surface area contributed by atoms with Crippen LogP contribution in [0.2, 0.25) is 0 Å². The lowest BCUT2D eigenvalue weighted by Gasteiger charge is -2.19. The van der Waals surface area contributed by atoms with Gasteiger partial charge in [-0.05, 0) is 36.2 Å². The Morgan fingerprint density at radius 1 is 1.00 bits per heavy atom. The molecule has 1 amide bonds. The van der Waals surface area contributed by atoms with Crippen LogP contribution in [0.4, 0.5) is 5.69 Å². The fraction of sp³-hybridized carbons (Fsp3) is 0.350. The third-order valence-corrected chi connectivity index (χ3v) is 7.25. The van der Waals surface area contributed by atoms with E-state index >= 15 is 0 Å². The smallest absolute Gasteiger partial charge is 0.253 e. The Bertz CT molecular complexity index is 929. The molecule has 2 aromatic carbocycles. The molecule has 2 fully saturated rings. The molecule has 0 aliphatic carbocycles. The second kappa shape index (κ2) is 6.98. The first-order valence-corrected chi connectivity index (χ1v) is 10.8. The molecule has 0 unspecified atom stereocenters. The maximum absolute atomic E-state index is 12.9. The first-order chi connectivity index (χ1) is 13.0. The number of carbonyl (C=O) groups excluding carboxylic acids is 1. The highest BCUT2D eigenvalue weighted by atomic mass is 32.2. The summed E-state index contributed by atoms with van der Waals surface area (Å²) in [6, 6.07) is 16.8. The number of sulfonamides is 1. The van der Waals surface area contributed by atoms with E-state index in [0.29, 0.717) is 37.3 Å². The van der Waals surface area contributed by atoms with Gasteiger partial charge in [-0.3, -0.25) is 9.10 Å². The number of amides is 1. The minimum absolute atomic E-state index is 0.0697. The summed E-state index contributed by atoms with van der Waals surface area (Å²) in [6.45, 7) is 1.60. The van der Waals surface area contributed by atoms with Crippen molar-refractivity contribution in [1.29, 1.82) is 0 Å². The van der Waals surface area contributed by atoms with Gasteiger partial charge in [0.2, 0.25) is 10.0 Å². The predicted molar refractivity (Wildman–Crippen MR) is 105 cm³/mol. The zero-order chi connectivity index (χ0) is 19.0. The van der Waals surface area contributed by atoms with E-state index in [0.717, 1.165) is 5.56 Å². The maximum Gasteiger partial charge on any atom is 0.253 e. The van der Waals surface area contributed by atoms with Gasteiger partial charge in [-0.25, -0.2) is 8.42 Å². The Morgan fingerprint density at radius 2 is 1.70 bits per heavy atom. The van der Waals surface area contributed by atoms with E-state index in [1.165, 1.54) is 4.31 Å². The lowest BCUT2D eigenvalue weighted by molar-refractivity contribution is 0.0789. The molecular formula is C20H23N3O3S. The van der Waals surface area contributed by atoms with Crippen molar-refractivity contribution in [2.24, 2.45) is 5.73 Å². The molecule has 0 radical (unpaired) electrons. The Kier molecular flexibility index (Phi) is 4.65. The fourth-order valence-corrected chi connectivity index (χ4v) is 5.49. The second-order valence-electron chi connectivity index (χ2n) is 7.18. The summed E-state index contributed by atoms with van der Waals surface area (Å²) in [7, 11) is -3.21. The van der Waals surface area contributed by atoms with Crippen LogP contribution in [0.3, 0.4) is 0 Å². The highest BCUT2D eigenvalue weighted by Crippen LogP contribution is 2.28. The standard InChI is InChI=1S/C20H23N3O3S/c21-19-14-22(13-18(19)15-5-2-1-3-6-15)20(24)16-7-9-17(10-8-16)23-11-4-12-27(23,25)26/h1-3,5-10,18-19H,4,11-14,21H2/t18-,19+/m0/s1. The minimum Gasteiger partial charge on any atom is -0.336 e. The first kappa shape index (κ1) is 18.0. The molecule has 6 nitrogen and oxygen atoms in total. The van der Waals surface area contributed by atoms with E-state index in [-0.39, 0.29) is 23.6 Å². The number of likely N-dealkylation sites (tertiary alicyclic amines) is 1. The molecule has 2 heterocycles. The monoisotopic (exact) mass is 385 g/mol. The second-order valence-corrected chi connectivity index (χ2v) is 9.19. The van der Waals surface area contributed by atoms with Gasteiger partial charge in [0.1, 0.15) is 0 Å². The van der Waals surface area contributed by atoms with Crippen LogP contribution < -0.4 is 10.0 Å². The van der Waals surface area contributed by atoms with E-state index in [1.54, 1.807) is 29.2 Å². The zero-order valence-electron chi connectivity index (χ0n) is 15.0. The molecule has 2 aliphatic rings. The zero-order valence-corrected chi connectivity index (χ0v) is 15.8. The van der Waals surface area contributed by atoms with E-state index in [2.05, 4.69) is 0 Å². The number of hydrogen-bond acceptors (Lipinski definition) is 4.